The third kappa shape index (κ3) is 4.51. The molecule has 0 spiro atoms. The summed E-state index contributed by atoms with van der Waals surface area (Å²) >= 11 is 0. The summed E-state index contributed by atoms with van der Waals surface area (Å²) in [5.41, 5.74) is 3.63. The smallest absolute Gasteiger partial charge is 0.224 e. The summed E-state index contributed by atoms with van der Waals surface area (Å²) in [6.07, 6.45) is 5.30. The van der Waals surface area contributed by atoms with Crippen molar-refractivity contribution in [3.05, 3.63) is 77.7 Å². The molecule has 0 bridgehead atoms. The summed E-state index contributed by atoms with van der Waals surface area (Å²) in [6.45, 7) is 3.49. The van der Waals surface area contributed by atoms with E-state index in [1.807, 2.05) is 18.2 Å². The fourth-order valence-electron chi connectivity index (χ4n) is 2.12. The van der Waals surface area contributed by atoms with Crippen molar-refractivity contribution in [3.63, 3.8) is 0 Å². The van der Waals surface area contributed by atoms with E-state index in [2.05, 4.69) is 56.8 Å². The number of aromatic nitrogens is 3. The summed E-state index contributed by atoms with van der Waals surface area (Å²) in [5.74, 6) is 1.41. The molecule has 2 aromatic heterocycles. The Hall–Kier alpha value is -2.95. The van der Waals surface area contributed by atoms with Gasteiger partial charge in [0.15, 0.2) is 0 Å². The zero-order chi connectivity index (χ0) is 15.9. The second-order valence-electron chi connectivity index (χ2n) is 5.31. The molecule has 23 heavy (non-hydrogen) atoms. The average molecular weight is 305 g/mol. The first-order valence-corrected chi connectivity index (χ1v) is 7.55. The van der Waals surface area contributed by atoms with E-state index < -0.39 is 0 Å². The van der Waals surface area contributed by atoms with Crippen LogP contribution in [0.1, 0.15) is 16.7 Å². The average Bonchev–Trinajstić information content (AvgIpc) is 2.61. The van der Waals surface area contributed by atoms with Crippen LogP contribution in [0.5, 0.6) is 0 Å². The largest absolute Gasteiger partial charge is 0.366 e. The molecule has 0 saturated carbocycles. The molecule has 5 heteroatoms. The predicted molar refractivity (Wildman–Crippen MR) is 92.1 cm³/mol. The molecular formula is C18H19N5. The number of aryl methyl sites for hydroxylation is 1. The number of rotatable bonds is 6. The number of anilines is 2. The summed E-state index contributed by atoms with van der Waals surface area (Å²) < 4.78 is 0. The minimum absolute atomic E-state index is 0.607. The Morgan fingerprint density at radius 3 is 2.26 bits per heavy atom. The van der Waals surface area contributed by atoms with Crippen molar-refractivity contribution in [2.24, 2.45) is 0 Å². The second kappa shape index (κ2) is 7.35. The van der Waals surface area contributed by atoms with Gasteiger partial charge < -0.3 is 10.6 Å². The van der Waals surface area contributed by atoms with Crippen molar-refractivity contribution in [2.45, 2.75) is 20.0 Å². The summed E-state index contributed by atoms with van der Waals surface area (Å²) in [7, 11) is 0. The Morgan fingerprint density at radius 2 is 1.48 bits per heavy atom. The van der Waals surface area contributed by atoms with E-state index in [4.69, 9.17) is 0 Å². The lowest BCUT2D eigenvalue weighted by Crippen LogP contribution is -2.06. The van der Waals surface area contributed by atoms with Crippen molar-refractivity contribution >= 4 is 11.8 Å². The van der Waals surface area contributed by atoms with Gasteiger partial charge in [-0.05, 0) is 36.2 Å². The summed E-state index contributed by atoms with van der Waals surface area (Å²) in [6, 6.07) is 14.3. The fourth-order valence-corrected chi connectivity index (χ4v) is 2.12. The SMILES string of the molecule is Cc1ccc(CNc2ccnc(NCc3ccncc3)n2)cc1. The van der Waals surface area contributed by atoms with E-state index in [1.54, 1.807) is 18.6 Å². The van der Waals surface area contributed by atoms with Gasteiger partial charge in [0.25, 0.3) is 0 Å². The van der Waals surface area contributed by atoms with E-state index in [9.17, 15) is 0 Å². The van der Waals surface area contributed by atoms with Gasteiger partial charge in [-0.1, -0.05) is 29.8 Å². The fraction of sp³-hybridized carbons (Fsp3) is 0.167. The highest BCUT2D eigenvalue weighted by Crippen LogP contribution is 2.10. The minimum atomic E-state index is 0.607. The number of benzene rings is 1. The van der Waals surface area contributed by atoms with Crippen LogP contribution in [-0.4, -0.2) is 15.0 Å². The maximum Gasteiger partial charge on any atom is 0.224 e. The van der Waals surface area contributed by atoms with Crippen LogP contribution in [0.25, 0.3) is 0 Å². The standard InChI is InChI=1S/C18H19N5/c1-14-2-4-15(5-3-14)12-21-17-8-11-20-18(23-17)22-13-16-6-9-19-10-7-16/h2-11H,12-13H2,1H3,(H2,20,21,22,23). The molecule has 0 saturated heterocycles. The van der Waals surface area contributed by atoms with Gasteiger partial charge in [-0.15, -0.1) is 0 Å². The molecule has 0 aliphatic heterocycles. The van der Waals surface area contributed by atoms with Gasteiger partial charge in [0, 0.05) is 31.7 Å². The molecule has 0 aliphatic rings. The Morgan fingerprint density at radius 1 is 0.783 bits per heavy atom. The molecule has 0 amide bonds. The van der Waals surface area contributed by atoms with Gasteiger partial charge in [-0.2, -0.15) is 4.98 Å². The summed E-state index contributed by atoms with van der Waals surface area (Å²) in [4.78, 5) is 12.7. The van der Waals surface area contributed by atoms with E-state index in [0.29, 0.717) is 12.5 Å². The van der Waals surface area contributed by atoms with Gasteiger partial charge in [0.05, 0.1) is 0 Å². The van der Waals surface area contributed by atoms with Crippen LogP contribution >= 0.6 is 0 Å². The monoisotopic (exact) mass is 305 g/mol. The highest BCUT2D eigenvalue weighted by atomic mass is 15.1. The Bertz CT molecular complexity index is 741. The maximum atomic E-state index is 4.47. The molecule has 5 nitrogen and oxygen atoms in total. The van der Waals surface area contributed by atoms with Crippen LogP contribution in [-0.2, 0) is 13.1 Å². The third-order valence-corrected chi connectivity index (χ3v) is 3.45. The molecule has 0 unspecified atom stereocenters. The first-order chi connectivity index (χ1) is 11.3. The van der Waals surface area contributed by atoms with Gasteiger partial charge in [0.2, 0.25) is 5.95 Å². The molecule has 3 rings (SSSR count). The zero-order valence-electron chi connectivity index (χ0n) is 13.0. The zero-order valence-corrected chi connectivity index (χ0v) is 13.0. The number of nitrogens with one attached hydrogen (secondary N) is 2. The number of nitrogens with zero attached hydrogens (tertiary/aromatic N) is 3. The molecule has 1 aromatic carbocycles. The van der Waals surface area contributed by atoms with Crippen molar-refractivity contribution in [2.75, 3.05) is 10.6 Å². The van der Waals surface area contributed by atoms with Crippen molar-refractivity contribution < 1.29 is 0 Å². The van der Waals surface area contributed by atoms with E-state index in [-0.39, 0.29) is 0 Å². The van der Waals surface area contributed by atoms with Crippen molar-refractivity contribution in [3.8, 4) is 0 Å². The number of hydrogen-bond acceptors (Lipinski definition) is 5. The van der Waals surface area contributed by atoms with Crippen LogP contribution < -0.4 is 10.6 Å². The lowest BCUT2D eigenvalue weighted by molar-refractivity contribution is 1.03. The molecule has 2 heterocycles. The molecule has 0 radical (unpaired) electrons. The van der Waals surface area contributed by atoms with Crippen LogP contribution in [0.4, 0.5) is 11.8 Å². The predicted octanol–water partition coefficient (Wildman–Crippen LogP) is 3.40. The first kappa shape index (κ1) is 15.0. The highest BCUT2D eigenvalue weighted by Gasteiger charge is 2.00. The van der Waals surface area contributed by atoms with Crippen LogP contribution in [0.3, 0.4) is 0 Å². The van der Waals surface area contributed by atoms with E-state index in [1.165, 1.54) is 11.1 Å². The highest BCUT2D eigenvalue weighted by molar-refractivity contribution is 5.40. The van der Waals surface area contributed by atoms with Gasteiger partial charge >= 0.3 is 0 Å². The molecule has 0 fully saturated rings. The first-order valence-electron chi connectivity index (χ1n) is 7.55. The summed E-state index contributed by atoms with van der Waals surface area (Å²) in [5, 5.41) is 6.53. The molecule has 0 aliphatic carbocycles. The molecule has 3 aromatic rings. The van der Waals surface area contributed by atoms with E-state index in [0.717, 1.165) is 17.9 Å². The lowest BCUT2D eigenvalue weighted by Gasteiger charge is -2.08. The quantitative estimate of drug-likeness (QED) is 0.731. The molecule has 116 valence electrons. The Balaban J connectivity index is 1.57. The lowest BCUT2D eigenvalue weighted by atomic mass is 10.1. The van der Waals surface area contributed by atoms with Crippen molar-refractivity contribution in [1.29, 1.82) is 0 Å². The van der Waals surface area contributed by atoms with Crippen LogP contribution in [0.15, 0.2) is 61.1 Å². The van der Waals surface area contributed by atoms with Crippen molar-refractivity contribution in [1.82, 2.24) is 15.0 Å². The molecular weight excluding hydrogens is 286 g/mol. The third-order valence-electron chi connectivity index (χ3n) is 3.45. The van der Waals surface area contributed by atoms with Gasteiger partial charge in [-0.25, -0.2) is 4.98 Å². The number of hydrogen-bond donors (Lipinski definition) is 2. The van der Waals surface area contributed by atoms with Gasteiger partial charge in [0.1, 0.15) is 5.82 Å². The van der Waals surface area contributed by atoms with E-state index >= 15 is 0 Å². The Kier molecular flexibility index (Phi) is 4.79. The normalized spacial score (nSPS) is 10.3. The van der Waals surface area contributed by atoms with Gasteiger partial charge in [-0.3, -0.25) is 4.98 Å². The molecule has 2 N–H and O–H groups in total. The van der Waals surface area contributed by atoms with Crippen LogP contribution in [0, 0.1) is 6.92 Å². The Labute approximate surface area is 135 Å². The minimum Gasteiger partial charge on any atom is -0.366 e. The molecule has 0 atom stereocenters. The second-order valence-corrected chi connectivity index (χ2v) is 5.31. The maximum absolute atomic E-state index is 4.47. The topological polar surface area (TPSA) is 62.7 Å². The number of pyridine rings is 1. The van der Waals surface area contributed by atoms with Crippen LogP contribution in [0.2, 0.25) is 0 Å².